The van der Waals surface area contributed by atoms with Gasteiger partial charge in [-0.05, 0) is 23.8 Å². The average molecular weight is 229 g/mol. The fraction of sp³-hybridized carbons (Fsp3) is 0.455. The van der Waals surface area contributed by atoms with E-state index in [1.54, 1.807) is 23.9 Å². The molecule has 2 nitrogen and oxygen atoms in total. The lowest BCUT2D eigenvalue weighted by molar-refractivity contribution is 0.264. The van der Waals surface area contributed by atoms with Gasteiger partial charge in [-0.3, -0.25) is 0 Å². The van der Waals surface area contributed by atoms with Crippen LogP contribution in [-0.2, 0) is 5.75 Å². The molecule has 1 atom stereocenters. The largest absolute Gasteiger partial charge is 0.395 e. The third-order valence-electron chi connectivity index (χ3n) is 2.08. The van der Waals surface area contributed by atoms with Crippen LogP contribution in [0.1, 0.15) is 12.0 Å². The van der Waals surface area contributed by atoms with Gasteiger partial charge in [-0.1, -0.05) is 18.2 Å². The van der Waals surface area contributed by atoms with E-state index in [1.807, 2.05) is 6.07 Å². The van der Waals surface area contributed by atoms with Crippen molar-refractivity contribution in [3.63, 3.8) is 0 Å². The Morgan fingerprint density at radius 2 is 2.13 bits per heavy atom. The molecule has 0 saturated carbocycles. The van der Waals surface area contributed by atoms with Crippen LogP contribution in [0.2, 0.25) is 0 Å². The van der Waals surface area contributed by atoms with Crippen molar-refractivity contribution in [1.29, 1.82) is 0 Å². The smallest absolute Gasteiger partial charge is 0.127 e. The lowest BCUT2D eigenvalue weighted by Gasteiger charge is -2.07. The van der Waals surface area contributed by atoms with Crippen molar-refractivity contribution in [1.82, 2.24) is 0 Å². The van der Waals surface area contributed by atoms with Gasteiger partial charge in [0.15, 0.2) is 0 Å². The summed E-state index contributed by atoms with van der Waals surface area (Å²) in [7, 11) is 0. The Morgan fingerprint density at radius 3 is 2.80 bits per heavy atom. The first-order valence-electron chi connectivity index (χ1n) is 4.91. The van der Waals surface area contributed by atoms with Gasteiger partial charge < -0.3 is 10.8 Å². The first-order chi connectivity index (χ1) is 7.24. The molecule has 1 aromatic rings. The summed E-state index contributed by atoms with van der Waals surface area (Å²) in [6.45, 7) is 0.0141. The predicted octanol–water partition coefficient (Wildman–Crippen LogP) is 1.77. The van der Waals surface area contributed by atoms with Crippen LogP contribution < -0.4 is 5.73 Å². The van der Waals surface area contributed by atoms with Gasteiger partial charge in [0.25, 0.3) is 0 Å². The van der Waals surface area contributed by atoms with Crippen molar-refractivity contribution >= 4 is 11.8 Å². The Morgan fingerprint density at radius 1 is 1.40 bits per heavy atom. The zero-order valence-electron chi connectivity index (χ0n) is 8.53. The number of halogens is 1. The molecule has 0 saturated heterocycles. The minimum Gasteiger partial charge on any atom is -0.395 e. The molecule has 0 fully saturated rings. The minimum atomic E-state index is -0.156. The minimum absolute atomic E-state index is 0.0141. The quantitative estimate of drug-likeness (QED) is 0.731. The highest BCUT2D eigenvalue weighted by Crippen LogP contribution is 2.16. The number of hydrogen-bond acceptors (Lipinski definition) is 3. The fourth-order valence-electron chi connectivity index (χ4n) is 1.12. The Bertz CT molecular complexity index is 296. The van der Waals surface area contributed by atoms with Gasteiger partial charge in [0.05, 0.1) is 6.61 Å². The number of aliphatic hydroxyl groups excluding tert-OH is 1. The molecule has 0 radical (unpaired) electrons. The molecule has 0 aliphatic heterocycles. The van der Waals surface area contributed by atoms with Crippen molar-refractivity contribution in [2.24, 2.45) is 5.73 Å². The average Bonchev–Trinajstić information content (AvgIpc) is 2.26. The first kappa shape index (κ1) is 12.5. The monoisotopic (exact) mass is 229 g/mol. The van der Waals surface area contributed by atoms with E-state index in [-0.39, 0.29) is 18.5 Å². The van der Waals surface area contributed by atoms with Crippen molar-refractivity contribution < 1.29 is 9.50 Å². The number of hydrogen-bond donors (Lipinski definition) is 2. The first-order valence-corrected chi connectivity index (χ1v) is 6.07. The zero-order chi connectivity index (χ0) is 11.1. The molecule has 0 amide bonds. The highest BCUT2D eigenvalue weighted by atomic mass is 32.2. The van der Waals surface area contributed by atoms with Gasteiger partial charge in [0.2, 0.25) is 0 Å². The van der Waals surface area contributed by atoms with Crippen LogP contribution in [0.25, 0.3) is 0 Å². The van der Waals surface area contributed by atoms with Crippen LogP contribution in [0, 0.1) is 5.82 Å². The molecular weight excluding hydrogens is 213 g/mol. The van der Waals surface area contributed by atoms with E-state index in [4.69, 9.17) is 10.8 Å². The molecule has 3 N–H and O–H groups in total. The number of rotatable bonds is 6. The standard InChI is InChI=1S/C11H16FNOS/c12-11-4-2-1-3-9(11)8-15-6-5-10(13)7-14/h1-4,10,14H,5-8,13H2/t10-/m0/s1. The van der Waals surface area contributed by atoms with E-state index >= 15 is 0 Å². The highest BCUT2D eigenvalue weighted by Gasteiger charge is 2.02. The lowest BCUT2D eigenvalue weighted by atomic mass is 10.2. The molecule has 4 heteroatoms. The normalized spacial score (nSPS) is 12.7. The van der Waals surface area contributed by atoms with Crippen LogP contribution in [0.3, 0.4) is 0 Å². The van der Waals surface area contributed by atoms with Crippen LogP contribution >= 0.6 is 11.8 Å². The number of thioether (sulfide) groups is 1. The van der Waals surface area contributed by atoms with E-state index in [2.05, 4.69) is 0 Å². The number of aliphatic hydroxyl groups is 1. The molecule has 15 heavy (non-hydrogen) atoms. The maximum atomic E-state index is 13.2. The molecule has 0 aliphatic carbocycles. The Hall–Kier alpha value is -0.580. The molecule has 0 aromatic heterocycles. The van der Waals surface area contributed by atoms with Gasteiger partial charge in [-0.25, -0.2) is 4.39 Å². The van der Waals surface area contributed by atoms with Gasteiger partial charge in [0.1, 0.15) is 5.82 Å². The topological polar surface area (TPSA) is 46.2 Å². The lowest BCUT2D eigenvalue weighted by Crippen LogP contribution is -2.24. The van der Waals surface area contributed by atoms with E-state index < -0.39 is 0 Å². The van der Waals surface area contributed by atoms with Gasteiger partial charge in [-0.2, -0.15) is 11.8 Å². The summed E-state index contributed by atoms with van der Waals surface area (Å²) in [4.78, 5) is 0. The van der Waals surface area contributed by atoms with E-state index in [0.29, 0.717) is 5.75 Å². The number of benzene rings is 1. The second-order valence-corrected chi connectivity index (χ2v) is 4.48. The summed E-state index contributed by atoms with van der Waals surface area (Å²) in [5.74, 6) is 1.34. The summed E-state index contributed by atoms with van der Waals surface area (Å²) in [5, 5.41) is 8.70. The summed E-state index contributed by atoms with van der Waals surface area (Å²) >= 11 is 1.63. The third kappa shape index (κ3) is 4.64. The second-order valence-electron chi connectivity index (χ2n) is 3.38. The van der Waals surface area contributed by atoms with Gasteiger partial charge >= 0.3 is 0 Å². The van der Waals surface area contributed by atoms with E-state index in [0.717, 1.165) is 17.7 Å². The summed E-state index contributed by atoms with van der Waals surface area (Å²) < 4.78 is 13.2. The molecule has 1 rings (SSSR count). The van der Waals surface area contributed by atoms with Gasteiger partial charge in [-0.15, -0.1) is 0 Å². The molecule has 0 aliphatic rings. The van der Waals surface area contributed by atoms with Crippen molar-refractivity contribution in [2.75, 3.05) is 12.4 Å². The molecular formula is C11H16FNOS. The summed E-state index contributed by atoms with van der Waals surface area (Å²) in [6.07, 6.45) is 0.760. The highest BCUT2D eigenvalue weighted by molar-refractivity contribution is 7.98. The molecule has 84 valence electrons. The van der Waals surface area contributed by atoms with Crippen molar-refractivity contribution in [3.8, 4) is 0 Å². The summed E-state index contributed by atoms with van der Waals surface area (Å²) in [6, 6.07) is 6.62. The van der Waals surface area contributed by atoms with Gasteiger partial charge in [0, 0.05) is 11.8 Å². The van der Waals surface area contributed by atoms with Crippen LogP contribution in [-0.4, -0.2) is 23.5 Å². The fourth-order valence-corrected chi connectivity index (χ4v) is 2.19. The maximum Gasteiger partial charge on any atom is 0.127 e. The molecule has 0 bridgehead atoms. The Balaban J connectivity index is 2.23. The Kier molecular flexibility index (Phi) is 5.68. The Labute approximate surface area is 93.7 Å². The molecule has 0 heterocycles. The van der Waals surface area contributed by atoms with Crippen LogP contribution in [0.15, 0.2) is 24.3 Å². The molecule has 1 aromatic carbocycles. The SMILES string of the molecule is N[C@H](CO)CCSCc1ccccc1F. The van der Waals surface area contributed by atoms with Crippen LogP contribution in [0.4, 0.5) is 4.39 Å². The predicted molar refractivity (Wildman–Crippen MR) is 62.2 cm³/mol. The van der Waals surface area contributed by atoms with E-state index in [9.17, 15) is 4.39 Å². The van der Waals surface area contributed by atoms with Crippen molar-refractivity contribution in [2.45, 2.75) is 18.2 Å². The molecule has 0 spiro atoms. The van der Waals surface area contributed by atoms with E-state index in [1.165, 1.54) is 6.07 Å². The second kappa shape index (κ2) is 6.82. The maximum absolute atomic E-state index is 13.2. The molecule has 0 unspecified atom stereocenters. The van der Waals surface area contributed by atoms with Crippen LogP contribution in [0.5, 0.6) is 0 Å². The third-order valence-corrected chi connectivity index (χ3v) is 3.12. The zero-order valence-corrected chi connectivity index (χ0v) is 9.34. The van der Waals surface area contributed by atoms with Crippen molar-refractivity contribution in [3.05, 3.63) is 35.6 Å². The summed E-state index contributed by atoms with van der Waals surface area (Å²) in [5.41, 5.74) is 6.27. The number of nitrogens with two attached hydrogens (primary N) is 1.